The lowest BCUT2D eigenvalue weighted by Gasteiger charge is -2.23. The summed E-state index contributed by atoms with van der Waals surface area (Å²) in [6.07, 6.45) is 0.864. The molecule has 11 heteroatoms. The third-order valence-electron chi connectivity index (χ3n) is 6.58. The van der Waals surface area contributed by atoms with E-state index in [-0.39, 0.29) is 22.3 Å². The third-order valence-corrected chi connectivity index (χ3v) is 8.96. The zero-order chi connectivity index (χ0) is 29.8. The van der Waals surface area contributed by atoms with Crippen molar-refractivity contribution in [3.05, 3.63) is 106 Å². The third kappa shape index (κ3) is 6.67. The molecule has 4 aromatic rings. The molecule has 2 heterocycles. The van der Waals surface area contributed by atoms with Crippen molar-refractivity contribution in [3.8, 4) is 5.75 Å². The van der Waals surface area contributed by atoms with Crippen molar-refractivity contribution in [1.29, 1.82) is 0 Å². The highest BCUT2D eigenvalue weighted by molar-refractivity contribution is 8.00. The number of thioether (sulfide) groups is 1. The van der Waals surface area contributed by atoms with Gasteiger partial charge in [-0.15, -0.1) is 10.2 Å². The second kappa shape index (κ2) is 13.1. The summed E-state index contributed by atoms with van der Waals surface area (Å²) < 4.78 is 19.8. The molecule has 1 atom stereocenters. The first-order valence-corrected chi connectivity index (χ1v) is 15.4. The first-order valence-electron chi connectivity index (χ1n) is 13.2. The molecule has 1 amide bonds. The van der Waals surface area contributed by atoms with Gasteiger partial charge in [0.05, 0.1) is 18.2 Å². The van der Waals surface area contributed by atoms with Crippen LogP contribution >= 0.6 is 34.7 Å². The number of carbonyl (C=O) groups is 2. The molecule has 7 nitrogen and oxygen atoms in total. The summed E-state index contributed by atoms with van der Waals surface area (Å²) in [6, 6.07) is 18.7. The van der Waals surface area contributed by atoms with Crippen LogP contribution in [0.1, 0.15) is 43.0 Å². The lowest BCUT2D eigenvalue weighted by atomic mass is 9.95. The van der Waals surface area contributed by atoms with Crippen LogP contribution < -0.4 is 9.64 Å². The highest BCUT2D eigenvalue weighted by Gasteiger charge is 2.48. The maximum Gasteiger partial charge on any atom is 0.301 e. The number of ether oxygens (including phenoxy) is 1. The van der Waals surface area contributed by atoms with Crippen LogP contribution in [0.4, 0.5) is 9.52 Å². The van der Waals surface area contributed by atoms with Crippen LogP contribution in [-0.2, 0) is 15.3 Å². The number of aromatic nitrogens is 2. The Hall–Kier alpha value is -3.73. The van der Waals surface area contributed by atoms with Crippen LogP contribution in [0.15, 0.2) is 82.7 Å². The summed E-state index contributed by atoms with van der Waals surface area (Å²) in [7, 11) is 0. The van der Waals surface area contributed by atoms with Gasteiger partial charge >= 0.3 is 5.91 Å². The minimum Gasteiger partial charge on any atom is -0.507 e. The van der Waals surface area contributed by atoms with Crippen molar-refractivity contribution in [2.45, 2.75) is 36.4 Å². The van der Waals surface area contributed by atoms with Crippen LogP contribution in [0, 0.1) is 11.7 Å². The van der Waals surface area contributed by atoms with E-state index in [0.717, 1.165) is 23.3 Å². The lowest BCUT2D eigenvalue weighted by Crippen LogP contribution is -2.29. The minimum atomic E-state index is -0.975. The monoisotopic (exact) mass is 623 g/mol. The number of Topliss-reactive ketones (excluding diaryl/α,β-unsaturated/α-hetero) is 1. The van der Waals surface area contributed by atoms with E-state index in [9.17, 15) is 19.1 Å². The molecule has 5 rings (SSSR count). The van der Waals surface area contributed by atoms with Crippen molar-refractivity contribution >= 4 is 57.3 Å². The maximum atomic E-state index is 13.5. The largest absolute Gasteiger partial charge is 0.507 e. The number of aliphatic hydroxyl groups is 1. The molecule has 0 spiro atoms. The molecule has 0 saturated carbocycles. The summed E-state index contributed by atoms with van der Waals surface area (Å²) in [4.78, 5) is 28.3. The second-order valence-corrected chi connectivity index (χ2v) is 12.7. The van der Waals surface area contributed by atoms with Crippen LogP contribution in [-0.4, -0.2) is 33.6 Å². The van der Waals surface area contributed by atoms with Crippen molar-refractivity contribution < 1.29 is 23.8 Å². The van der Waals surface area contributed by atoms with Gasteiger partial charge in [0.2, 0.25) is 5.13 Å². The Bertz CT molecular complexity index is 1620. The van der Waals surface area contributed by atoms with Crippen molar-refractivity contribution in [3.63, 3.8) is 0 Å². The number of halogens is 2. The van der Waals surface area contributed by atoms with E-state index < -0.39 is 17.7 Å². The second-order valence-electron chi connectivity index (χ2n) is 10.0. The van der Waals surface area contributed by atoms with Gasteiger partial charge in [-0.1, -0.05) is 72.8 Å². The number of amides is 1. The number of anilines is 1. The fourth-order valence-electron chi connectivity index (χ4n) is 4.38. The summed E-state index contributed by atoms with van der Waals surface area (Å²) in [5.74, 6) is -0.736. The van der Waals surface area contributed by atoms with Crippen LogP contribution in [0.2, 0.25) is 5.02 Å². The number of aliphatic hydroxyl groups excluding tert-OH is 1. The SMILES string of the molecule is CC(C)CCOc1cccc(C2C(=C(O)c3ccc(Cl)cc3)C(=O)C(=O)N2c2nnc(SCc3ccc(F)cc3)s2)c1. The number of nitrogens with zero attached hydrogens (tertiary/aromatic N) is 3. The van der Waals surface area contributed by atoms with E-state index >= 15 is 0 Å². The molecule has 1 aliphatic heterocycles. The van der Waals surface area contributed by atoms with Gasteiger partial charge in [-0.3, -0.25) is 14.5 Å². The molecule has 216 valence electrons. The van der Waals surface area contributed by atoms with Crippen molar-refractivity contribution in [2.75, 3.05) is 11.5 Å². The van der Waals surface area contributed by atoms with Gasteiger partial charge in [0.15, 0.2) is 4.34 Å². The molecule has 0 bridgehead atoms. The van der Waals surface area contributed by atoms with Crippen LogP contribution in [0.5, 0.6) is 5.75 Å². The van der Waals surface area contributed by atoms with E-state index in [1.54, 1.807) is 54.6 Å². The number of rotatable bonds is 10. The number of carbonyl (C=O) groups excluding carboxylic acids is 2. The Morgan fingerprint density at radius 1 is 1.10 bits per heavy atom. The molecule has 1 fully saturated rings. The molecule has 1 unspecified atom stereocenters. The van der Waals surface area contributed by atoms with Crippen molar-refractivity contribution in [2.24, 2.45) is 5.92 Å². The van der Waals surface area contributed by atoms with E-state index in [1.807, 2.05) is 6.07 Å². The normalized spacial score (nSPS) is 16.4. The Morgan fingerprint density at radius 2 is 1.83 bits per heavy atom. The van der Waals surface area contributed by atoms with Gasteiger partial charge in [0, 0.05) is 16.3 Å². The molecule has 42 heavy (non-hydrogen) atoms. The molecule has 3 aromatic carbocycles. The first-order chi connectivity index (χ1) is 20.2. The van der Waals surface area contributed by atoms with Crippen LogP contribution in [0.3, 0.4) is 0 Å². The van der Waals surface area contributed by atoms with E-state index in [2.05, 4.69) is 24.0 Å². The molecular weight excluding hydrogens is 597 g/mol. The Morgan fingerprint density at radius 3 is 2.55 bits per heavy atom. The predicted molar refractivity (Wildman–Crippen MR) is 163 cm³/mol. The Labute approximate surface area is 256 Å². The topological polar surface area (TPSA) is 92.6 Å². The molecule has 0 aliphatic carbocycles. The number of hydrogen-bond donors (Lipinski definition) is 1. The predicted octanol–water partition coefficient (Wildman–Crippen LogP) is 7.67. The number of benzene rings is 3. The Balaban J connectivity index is 1.52. The molecule has 1 N–H and O–H groups in total. The van der Waals surface area contributed by atoms with Gasteiger partial charge in [0.25, 0.3) is 5.78 Å². The number of ketones is 1. The fourth-order valence-corrected chi connectivity index (χ4v) is 6.33. The fraction of sp³-hybridized carbons (Fsp3) is 0.226. The van der Waals surface area contributed by atoms with Gasteiger partial charge in [0.1, 0.15) is 17.3 Å². The summed E-state index contributed by atoms with van der Waals surface area (Å²) in [6.45, 7) is 4.73. The van der Waals surface area contributed by atoms with E-state index in [0.29, 0.717) is 44.5 Å². The summed E-state index contributed by atoms with van der Waals surface area (Å²) >= 11 is 8.57. The first kappa shape index (κ1) is 29.8. The molecule has 1 aliphatic rings. The van der Waals surface area contributed by atoms with Crippen molar-refractivity contribution in [1.82, 2.24) is 10.2 Å². The average molecular weight is 624 g/mol. The average Bonchev–Trinajstić information content (AvgIpc) is 3.54. The van der Waals surface area contributed by atoms with E-state index in [1.165, 1.54) is 28.8 Å². The van der Waals surface area contributed by atoms with Gasteiger partial charge in [-0.25, -0.2) is 4.39 Å². The Kier molecular flexibility index (Phi) is 9.25. The highest BCUT2D eigenvalue weighted by atomic mass is 35.5. The molecular formula is C31H27ClFN3O4S2. The molecule has 1 aromatic heterocycles. The van der Waals surface area contributed by atoms with E-state index in [4.69, 9.17) is 16.3 Å². The summed E-state index contributed by atoms with van der Waals surface area (Å²) in [5, 5.41) is 20.5. The van der Waals surface area contributed by atoms with Gasteiger partial charge in [-0.2, -0.15) is 0 Å². The number of hydrogen-bond acceptors (Lipinski definition) is 8. The summed E-state index contributed by atoms with van der Waals surface area (Å²) in [5.41, 5.74) is 1.75. The quantitative estimate of drug-likeness (QED) is 0.0637. The molecule has 0 radical (unpaired) electrons. The maximum absolute atomic E-state index is 13.5. The molecule has 1 saturated heterocycles. The zero-order valence-electron chi connectivity index (χ0n) is 22.8. The minimum absolute atomic E-state index is 0.0719. The highest BCUT2D eigenvalue weighted by Crippen LogP contribution is 2.44. The van der Waals surface area contributed by atoms with Crippen LogP contribution in [0.25, 0.3) is 5.76 Å². The van der Waals surface area contributed by atoms with Gasteiger partial charge < -0.3 is 9.84 Å². The zero-order valence-corrected chi connectivity index (χ0v) is 25.2. The van der Waals surface area contributed by atoms with Gasteiger partial charge in [-0.05, 0) is 72.0 Å². The lowest BCUT2D eigenvalue weighted by molar-refractivity contribution is -0.132. The smallest absolute Gasteiger partial charge is 0.301 e. The standard InChI is InChI=1S/C31H27ClFN3O4S2/c1-18(2)14-15-40-24-5-3-4-21(16-24)26-25(27(37)20-8-10-22(32)11-9-20)28(38)29(39)36(26)30-34-35-31(42-30)41-17-19-6-12-23(33)13-7-19/h3-13,16,18,26,37H,14-15,17H2,1-2H3.